The third-order valence-electron chi connectivity index (χ3n) is 5.87. The zero-order valence-electron chi connectivity index (χ0n) is 17.3. The number of amides is 1. The van der Waals surface area contributed by atoms with E-state index in [2.05, 4.69) is 4.72 Å². The zero-order chi connectivity index (χ0) is 21.5. The Balaban J connectivity index is 1.61. The van der Waals surface area contributed by atoms with Gasteiger partial charge >= 0.3 is 0 Å². The summed E-state index contributed by atoms with van der Waals surface area (Å²) in [7, 11) is -0.804. The molecule has 2 aromatic rings. The molecule has 7 nitrogen and oxygen atoms in total. The number of hydrogen-bond acceptors (Lipinski definition) is 5. The van der Waals surface area contributed by atoms with Crippen molar-refractivity contribution in [2.24, 2.45) is 5.92 Å². The van der Waals surface area contributed by atoms with Crippen LogP contribution in [-0.4, -0.2) is 34.6 Å². The van der Waals surface area contributed by atoms with E-state index < -0.39 is 10.0 Å². The van der Waals surface area contributed by atoms with E-state index in [9.17, 15) is 13.2 Å². The van der Waals surface area contributed by atoms with Gasteiger partial charge < -0.3 is 14.4 Å². The lowest BCUT2D eigenvalue weighted by Crippen LogP contribution is -2.42. The van der Waals surface area contributed by atoms with E-state index in [1.54, 1.807) is 36.4 Å². The third kappa shape index (κ3) is 3.71. The molecule has 0 unspecified atom stereocenters. The van der Waals surface area contributed by atoms with Crippen LogP contribution in [0, 0.1) is 5.92 Å². The van der Waals surface area contributed by atoms with Gasteiger partial charge in [0.05, 0.1) is 24.8 Å². The molecule has 1 saturated carbocycles. The number of methoxy groups -OCH3 is 2. The highest BCUT2D eigenvalue weighted by Gasteiger charge is 2.37. The summed E-state index contributed by atoms with van der Waals surface area (Å²) < 4.78 is 39.0. The molecule has 4 rings (SSSR count). The molecule has 30 heavy (non-hydrogen) atoms. The molecule has 0 radical (unpaired) electrons. The highest BCUT2D eigenvalue weighted by molar-refractivity contribution is 7.92. The fourth-order valence-electron chi connectivity index (χ4n) is 4.04. The highest BCUT2D eigenvalue weighted by atomic mass is 32.2. The average molecular weight is 431 g/mol. The van der Waals surface area contributed by atoms with Gasteiger partial charge in [-0.05, 0) is 49.9 Å². The van der Waals surface area contributed by atoms with Gasteiger partial charge in [-0.1, -0.05) is 6.42 Å². The molecule has 8 heteroatoms. The average Bonchev–Trinajstić information content (AvgIpc) is 3.00. The van der Waals surface area contributed by atoms with Crippen LogP contribution in [0.5, 0.6) is 11.5 Å². The number of benzene rings is 2. The predicted molar refractivity (Wildman–Crippen MR) is 115 cm³/mol. The molecule has 0 spiro atoms. The van der Waals surface area contributed by atoms with Crippen molar-refractivity contribution in [2.75, 3.05) is 23.8 Å². The minimum absolute atomic E-state index is 0.0293. The normalized spacial score (nSPS) is 18.5. The molecule has 1 aliphatic heterocycles. The lowest BCUT2D eigenvalue weighted by molar-refractivity contribution is -0.125. The Hall–Kier alpha value is -2.74. The largest absolute Gasteiger partial charge is 0.497 e. The van der Waals surface area contributed by atoms with Gasteiger partial charge in [-0.2, -0.15) is 0 Å². The SMILES string of the molecule is COc1cc(NS(=O)(=O)c2ccc3c(c2)C[C@@H](C)N3C(=O)C2CCC2)cc(OC)c1. The van der Waals surface area contributed by atoms with Gasteiger partial charge in [0.25, 0.3) is 10.0 Å². The van der Waals surface area contributed by atoms with E-state index in [1.807, 2.05) is 11.8 Å². The number of ether oxygens (including phenoxy) is 2. The third-order valence-corrected chi connectivity index (χ3v) is 7.25. The lowest BCUT2D eigenvalue weighted by atomic mass is 9.84. The maximum absolute atomic E-state index is 13.0. The summed E-state index contributed by atoms with van der Waals surface area (Å²) in [5, 5.41) is 0. The van der Waals surface area contributed by atoms with Crippen molar-refractivity contribution in [3.63, 3.8) is 0 Å². The van der Waals surface area contributed by atoms with Gasteiger partial charge in [-0.3, -0.25) is 9.52 Å². The molecule has 2 aliphatic rings. The second kappa shape index (κ2) is 7.83. The number of rotatable bonds is 6. The fraction of sp³-hybridized carbons (Fsp3) is 0.409. The van der Waals surface area contributed by atoms with Crippen LogP contribution in [0.3, 0.4) is 0 Å². The number of carbonyl (C=O) groups excluding carboxylic acids is 1. The molecule has 0 saturated heterocycles. The summed E-state index contributed by atoms with van der Waals surface area (Å²) >= 11 is 0. The summed E-state index contributed by atoms with van der Waals surface area (Å²) in [6.45, 7) is 2.01. The predicted octanol–water partition coefficient (Wildman–Crippen LogP) is 3.58. The van der Waals surface area contributed by atoms with E-state index in [4.69, 9.17) is 9.47 Å². The molecule has 0 bridgehead atoms. The monoisotopic (exact) mass is 430 g/mol. The highest BCUT2D eigenvalue weighted by Crippen LogP contribution is 2.38. The molecule has 160 valence electrons. The summed E-state index contributed by atoms with van der Waals surface area (Å²) in [4.78, 5) is 14.8. The molecule has 1 atom stereocenters. The Bertz CT molecular complexity index is 1060. The van der Waals surface area contributed by atoms with Crippen molar-refractivity contribution in [2.45, 2.75) is 43.5 Å². The molecule has 2 aromatic carbocycles. The van der Waals surface area contributed by atoms with Crippen molar-refractivity contribution in [1.82, 2.24) is 0 Å². The van der Waals surface area contributed by atoms with Crippen LogP contribution in [0.25, 0.3) is 0 Å². The Morgan fingerprint density at radius 2 is 1.73 bits per heavy atom. The topological polar surface area (TPSA) is 84.9 Å². The Morgan fingerprint density at radius 3 is 2.30 bits per heavy atom. The molecule has 1 fully saturated rings. The standard InChI is InChI=1S/C22H26N2O5S/c1-14-9-16-10-20(7-8-21(16)24(14)22(25)15-5-4-6-15)30(26,27)23-17-11-18(28-2)13-19(12-17)29-3/h7-8,10-15,23H,4-6,9H2,1-3H3/t14-/m1/s1. The Kier molecular flexibility index (Phi) is 5.36. The van der Waals surface area contributed by atoms with E-state index >= 15 is 0 Å². The molecular weight excluding hydrogens is 404 g/mol. The molecule has 1 aliphatic carbocycles. The Morgan fingerprint density at radius 1 is 1.07 bits per heavy atom. The van der Waals surface area contributed by atoms with E-state index in [-0.39, 0.29) is 22.8 Å². The molecular formula is C22H26N2O5S. The maximum atomic E-state index is 13.0. The first-order chi connectivity index (χ1) is 14.3. The quantitative estimate of drug-likeness (QED) is 0.757. The van der Waals surface area contributed by atoms with Crippen LogP contribution in [-0.2, 0) is 21.2 Å². The molecule has 0 aromatic heterocycles. The fourth-order valence-corrected chi connectivity index (χ4v) is 5.13. The number of carbonyl (C=O) groups is 1. The molecule has 1 amide bonds. The van der Waals surface area contributed by atoms with Crippen molar-refractivity contribution in [1.29, 1.82) is 0 Å². The van der Waals surface area contributed by atoms with Crippen molar-refractivity contribution in [3.8, 4) is 11.5 Å². The number of hydrogen-bond donors (Lipinski definition) is 1. The van der Waals surface area contributed by atoms with E-state index in [0.29, 0.717) is 23.6 Å². The van der Waals surface area contributed by atoms with E-state index in [0.717, 1.165) is 30.5 Å². The first kappa shape index (κ1) is 20.5. The second-order valence-electron chi connectivity index (χ2n) is 7.89. The number of fused-ring (bicyclic) bond motifs is 1. The van der Waals surface area contributed by atoms with Gasteiger partial charge in [0.1, 0.15) is 11.5 Å². The first-order valence-corrected chi connectivity index (χ1v) is 11.5. The van der Waals surface area contributed by atoms with Crippen LogP contribution >= 0.6 is 0 Å². The molecule has 1 heterocycles. The minimum Gasteiger partial charge on any atom is -0.497 e. The van der Waals surface area contributed by atoms with Crippen LogP contribution < -0.4 is 19.1 Å². The number of sulfonamides is 1. The van der Waals surface area contributed by atoms with Crippen LogP contribution in [0.4, 0.5) is 11.4 Å². The van der Waals surface area contributed by atoms with Gasteiger partial charge in [0.2, 0.25) is 5.91 Å². The number of nitrogens with zero attached hydrogens (tertiary/aromatic N) is 1. The summed E-state index contributed by atoms with van der Waals surface area (Å²) in [6.07, 6.45) is 3.63. The Labute approximate surface area is 177 Å². The minimum atomic E-state index is -3.81. The summed E-state index contributed by atoms with van der Waals surface area (Å²) in [5.74, 6) is 1.23. The van der Waals surface area contributed by atoms with Crippen LogP contribution in [0.2, 0.25) is 0 Å². The maximum Gasteiger partial charge on any atom is 0.261 e. The van der Waals surface area contributed by atoms with Gasteiger partial charge in [0.15, 0.2) is 0 Å². The second-order valence-corrected chi connectivity index (χ2v) is 9.57. The first-order valence-electron chi connectivity index (χ1n) is 10.0. The number of anilines is 2. The summed E-state index contributed by atoms with van der Waals surface area (Å²) in [5.41, 5.74) is 2.05. The molecule has 1 N–H and O–H groups in total. The van der Waals surface area contributed by atoms with Gasteiger partial charge in [0, 0.05) is 35.8 Å². The lowest BCUT2D eigenvalue weighted by Gasteiger charge is -2.32. The zero-order valence-corrected chi connectivity index (χ0v) is 18.2. The van der Waals surface area contributed by atoms with Crippen molar-refractivity contribution < 1.29 is 22.7 Å². The van der Waals surface area contributed by atoms with Crippen LogP contribution in [0.15, 0.2) is 41.3 Å². The van der Waals surface area contributed by atoms with Crippen molar-refractivity contribution >= 4 is 27.3 Å². The van der Waals surface area contributed by atoms with E-state index in [1.165, 1.54) is 14.2 Å². The van der Waals surface area contributed by atoms with Gasteiger partial charge in [-0.15, -0.1) is 0 Å². The number of nitrogens with one attached hydrogen (secondary N) is 1. The van der Waals surface area contributed by atoms with Crippen molar-refractivity contribution in [3.05, 3.63) is 42.0 Å². The van der Waals surface area contributed by atoms with Crippen LogP contribution in [0.1, 0.15) is 31.7 Å². The smallest absolute Gasteiger partial charge is 0.261 e. The van der Waals surface area contributed by atoms with Gasteiger partial charge in [-0.25, -0.2) is 8.42 Å². The summed E-state index contributed by atoms with van der Waals surface area (Å²) in [6, 6.07) is 9.85.